The predicted octanol–water partition coefficient (Wildman–Crippen LogP) is 6.75. The van der Waals surface area contributed by atoms with E-state index in [2.05, 4.69) is 5.32 Å². The van der Waals surface area contributed by atoms with E-state index in [1.54, 1.807) is 37.9 Å². The van der Waals surface area contributed by atoms with E-state index < -0.39 is 48.1 Å². The third-order valence-corrected chi connectivity index (χ3v) is 11.5. The van der Waals surface area contributed by atoms with E-state index in [1.165, 1.54) is 120 Å². The van der Waals surface area contributed by atoms with Crippen molar-refractivity contribution < 1.29 is 80.4 Å². The van der Waals surface area contributed by atoms with Gasteiger partial charge in [-0.2, -0.15) is 0 Å². The Morgan fingerprint density at radius 2 is 0.958 bits per heavy atom. The molecular formula is C50H59N3O18. The Kier molecular flexibility index (Phi) is 18.2. The molecule has 1 heterocycles. The van der Waals surface area contributed by atoms with E-state index in [4.69, 9.17) is 61.3 Å². The Labute approximate surface area is 410 Å². The summed E-state index contributed by atoms with van der Waals surface area (Å²) in [6.07, 6.45) is -3.14. The number of nitrogens with zero attached hydrogens (tertiary/aromatic N) is 2. The zero-order valence-corrected chi connectivity index (χ0v) is 42.1. The van der Waals surface area contributed by atoms with Crippen LogP contribution < -0.4 is 53.6 Å². The molecule has 0 radical (unpaired) electrons. The van der Waals surface area contributed by atoms with Crippen molar-refractivity contribution in [2.75, 3.05) is 89.9 Å². The van der Waals surface area contributed by atoms with Crippen LogP contribution in [0.1, 0.15) is 56.0 Å². The molecule has 0 aliphatic rings. The second kappa shape index (κ2) is 24.0. The molecule has 5 rings (SSSR count). The summed E-state index contributed by atoms with van der Waals surface area (Å²) in [5.74, 6) is -0.0300. The first-order chi connectivity index (χ1) is 33.9. The van der Waals surface area contributed by atoms with Crippen molar-refractivity contribution in [3.63, 3.8) is 0 Å². The van der Waals surface area contributed by atoms with Gasteiger partial charge >= 0.3 is 29.6 Å². The fraction of sp³-hybridized carbons (Fsp3) is 0.380. The zero-order chi connectivity index (χ0) is 52.3. The van der Waals surface area contributed by atoms with E-state index in [1.807, 2.05) is 0 Å². The molecule has 3 unspecified atom stereocenters. The average Bonchev–Trinajstić information content (AvgIpc) is 3.37. The highest BCUT2D eigenvalue weighted by Crippen LogP contribution is 2.41. The number of hydrogen-bond donors (Lipinski definition) is 1. The number of fused-ring (bicyclic) bond motifs is 1. The Morgan fingerprint density at radius 3 is 1.35 bits per heavy atom. The molecule has 5 aromatic rings. The molecule has 0 spiro atoms. The highest BCUT2D eigenvalue weighted by molar-refractivity contribution is 5.95. The third kappa shape index (κ3) is 12.2. The van der Waals surface area contributed by atoms with E-state index in [-0.39, 0.29) is 92.5 Å². The molecule has 4 aromatic carbocycles. The molecule has 0 aliphatic heterocycles. The van der Waals surface area contributed by atoms with Gasteiger partial charge in [0.05, 0.1) is 80.7 Å². The molecule has 2 amide bonds. The van der Waals surface area contributed by atoms with Gasteiger partial charge in [-0.3, -0.25) is 9.80 Å². The quantitative estimate of drug-likeness (QED) is 0.0327. The summed E-state index contributed by atoms with van der Waals surface area (Å²) in [7, 11) is 15.9. The van der Waals surface area contributed by atoms with Gasteiger partial charge in [0.25, 0.3) is 0 Å². The molecule has 1 aromatic heterocycles. The SMILES string of the molecule is COc1cc(C(=O)OC(Cc2c(C)c3ccc(NC(=O)N(C)C(C)OC(=O)c4cc(OC)c(OC)c(OC)c4)cc3oc2=O)CN(C)C(C)OC(=O)c2cc(OC)c(OC)c(OC)c2)cc(OC)c1OC. The summed E-state index contributed by atoms with van der Waals surface area (Å²) in [6.45, 7) is 4.81. The van der Waals surface area contributed by atoms with Crippen molar-refractivity contribution in [2.24, 2.45) is 0 Å². The van der Waals surface area contributed by atoms with Gasteiger partial charge in [0.1, 0.15) is 11.7 Å². The molecule has 21 nitrogen and oxygen atoms in total. The summed E-state index contributed by atoms with van der Waals surface area (Å²) in [6, 6.07) is 12.7. The van der Waals surface area contributed by atoms with Gasteiger partial charge in [-0.15, -0.1) is 0 Å². The Balaban J connectivity index is 1.38. The van der Waals surface area contributed by atoms with E-state index in [9.17, 15) is 24.0 Å². The van der Waals surface area contributed by atoms with Crippen molar-refractivity contribution in [2.45, 2.75) is 45.8 Å². The van der Waals surface area contributed by atoms with Crippen molar-refractivity contribution >= 4 is 40.6 Å². The second-order valence-corrected chi connectivity index (χ2v) is 15.7. The average molecular weight is 990 g/mol. The van der Waals surface area contributed by atoms with Crippen LogP contribution in [0.25, 0.3) is 11.0 Å². The molecule has 0 bridgehead atoms. The van der Waals surface area contributed by atoms with Crippen LogP contribution in [-0.2, 0) is 20.6 Å². The lowest BCUT2D eigenvalue weighted by Crippen LogP contribution is -2.41. The number of carbonyl (C=O) groups excluding carboxylic acids is 4. The highest BCUT2D eigenvalue weighted by atomic mass is 16.6. The molecule has 0 saturated heterocycles. The second-order valence-electron chi connectivity index (χ2n) is 15.7. The third-order valence-electron chi connectivity index (χ3n) is 11.5. The number of likely N-dealkylation sites (N-methyl/N-ethyl adjacent to an activating group) is 1. The Bertz CT molecular complexity index is 2730. The standard InChI is InChI=1S/C50H59N3O18/c1-26-34-16-15-32(51-50(58)53(5)28(3)69-47(55)30-19-39(61-8)44(66-13)40(20-30)62-9)23-36(34)71-49(57)35(26)24-33(70-48(56)31-21-41(63-10)45(67-14)42(22-31)64-11)25-52(4)27(2)68-46(54)29-17-37(59-6)43(65-12)38(18-29)60-7/h15-23,27-28,33H,24-25H2,1-14H3,(H,51,58). The number of urea groups is 1. The van der Waals surface area contributed by atoms with Crippen LogP contribution in [0, 0.1) is 6.92 Å². The van der Waals surface area contributed by atoms with Crippen LogP contribution >= 0.6 is 0 Å². The molecule has 21 heteroatoms. The topological polar surface area (TPSA) is 228 Å². The lowest BCUT2D eigenvalue weighted by Gasteiger charge is -2.29. The van der Waals surface area contributed by atoms with Crippen molar-refractivity contribution in [1.82, 2.24) is 9.80 Å². The molecular weight excluding hydrogens is 931 g/mol. The Hall–Kier alpha value is -8.07. The first-order valence-electron chi connectivity index (χ1n) is 21.7. The minimum absolute atomic E-state index is 0.0501. The number of carbonyl (C=O) groups is 4. The lowest BCUT2D eigenvalue weighted by molar-refractivity contribution is -0.0336. The van der Waals surface area contributed by atoms with Gasteiger partial charge in [0.15, 0.2) is 47.0 Å². The van der Waals surface area contributed by atoms with Crippen LogP contribution in [-0.4, -0.2) is 137 Å². The fourth-order valence-electron chi connectivity index (χ4n) is 7.36. The van der Waals surface area contributed by atoms with Gasteiger partial charge < -0.3 is 66.6 Å². The molecule has 3 atom stereocenters. The predicted molar refractivity (Wildman–Crippen MR) is 258 cm³/mol. The maximum atomic E-state index is 14.0. The smallest absolute Gasteiger partial charge is 0.340 e. The first kappa shape index (κ1) is 53.9. The summed E-state index contributed by atoms with van der Waals surface area (Å²) in [5.41, 5.74) is 0.651. The number of esters is 3. The maximum absolute atomic E-state index is 14.0. The number of benzene rings is 4. The van der Waals surface area contributed by atoms with Gasteiger partial charge in [-0.05, 0) is 81.9 Å². The number of anilines is 1. The Morgan fingerprint density at radius 1 is 0.563 bits per heavy atom. The summed E-state index contributed by atoms with van der Waals surface area (Å²) < 4.78 is 71.8. The number of hydrogen-bond acceptors (Lipinski definition) is 19. The number of rotatable bonds is 22. The van der Waals surface area contributed by atoms with Crippen LogP contribution in [0.5, 0.6) is 51.7 Å². The zero-order valence-electron chi connectivity index (χ0n) is 42.1. The molecule has 1 N–H and O–H groups in total. The molecule has 0 aliphatic carbocycles. The number of nitrogens with one attached hydrogen (secondary N) is 1. The number of amides is 2. The first-order valence-corrected chi connectivity index (χ1v) is 21.7. The van der Waals surface area contributed by atoms with Crippen LogP contribution in [0.2, 0.25) is 0 Å². The van der Waals surface area contributed by atoms with Crippen molar-refractivity contribution in [1.29, 1.82) is 0 Å². The molecule has 382 valence electrons. The van der Waals surface area contributed by atoms with Gasteiger partial charge in [0.2, 0.25) is 17.2 Å². The number of ether oxygens (including phenoxy) is 12. The largest absolute Gasteiger partial charge is 0.493 e. The van der Waals surface area contributed by atoms with Gasteiger partial charge in [-0.25, -0.2) is 24.0 Å². The normalized spacial score (nSPS) is 12.2. The highest BCUT2D eigenvalue weighted by Gasteiger charge is 2.29. The van der Waals surface area contributed by atoms with Crippen molar-refractivity contribution in [3.8, 4) is 51.7 Å². The van der Waals surface area contributed by atoms with E-state index >= 15 is 0 Å². The molecule has 0 fully saturated rings. The van der Waals surface area contributed by atoms with Gasteiger partial charge in [0, 0.05) is 42.7 Å². The minimum atomic E-state index is -1.05. The summed E-state index contributed by atoms with van der Waals surface area (Å²) in [4.78, 5) is 70.7. The van der Waals surface area contributed by atoms with Crippen molar-refractivity contribution in [3.05, 3.63) is 92.8 Å². The maximum Gasteiger partial charge on any atom is 0.340 e. The lowest BCUT2D eigenvalue weighted by atomic mass is 10.0. The van der Waals surface area contributed by atoms with Crippen LogP contribution in [0.4, 0.5) is 10.5 Å². The van der Waals surface area contributed by atoms with Gasteiger partial charge in [-0.1, -0.05) is 0 Å². The molecule has 71 heavy (non-hydrogen) atoms. The van der Waals surface area contributed by atoms with E-state index in [0.717, 1.165) is 4.90 Å². The van der Waals surface area contributed by atoms with E-state index in [0.29, 0.717) is 16.7 Å². The number of aryl methyl sites for hydroxylation is 1. The summed E-state index contributed by atoms with van der Waals surface area (Å²) in [5, 5.41) is 3.26. The number of methoxy groups -OCH3 is 9. The monoisotopic (exact) mass is 989 g/mol. The summed E-state index contributed by atoms with van der Waals surface area (Å²) >= 11 is 0. The van der Waals surface area contributed by atoms with Crippen LogP contribution in [0.3, 0.4) is 0 Å². The van der Waals surface area contributed by atoms with Crippen LogP contribution in [0.15, 0.2) is 63.8 Å². The molecule has 0 saturated carbocycles. The fourth-order valence-corrected chi connectivity index (χ4v) is 7.36. The minimum Gasteiger partial charge on any atom is -0.493 e.